The lowest BCUT2D eigenvalue weighted by Gasteiger charge is -2.39. The van der Waals surface area contributed by atoms with E-state index in [1.54, 1.807) is 19.9 Å². The summed E-state index contributed by atoms with van der Waals surface area (Å²) in [5, 5.41) is 51.3. The van der Waals surface area contributed by atoms with Crippen molar-refractivity contribution < 1.29 is 39.4 Å². The first-order valence-electron chi connectivity index (χ1n) is 9.39. The van der Waals surface area contributed by atoms with Crippen LogP contribution in [0, 0.1) is 13.8 Å². The summed E-state index contributed by atoms with van der Waals surface area (Å²) in [6.45, 7) is 2.81. The number of benzene rings is 2. The molecule has 0 amide bonds. The van der Waals surface area contributed by atoms with Gasteiger partial charge < -0.3 is 39.4 Å². The summed E-state index contributed by atoms with van der Waals surface area (Å²) >= 11 is 0. The molecule has 1 aliphatic rings. The fraction of sp³-hybridized carbons (Fsp3) is 0.381. The maximum atomic E-state index is 12.3. The van der Waals surface area contributed by atoms with Crippen molar-refractivity contribution in [1.82, 2.24) is 0 Å². The van der Waals surface area contributed by atoms with Crippen molar-refractivity contribution >= 4 is 21.7 Å². The molecular weight excluding hydrogens is 396 g/mol. The van der Waals surface area contributed by atoms with Gasteiger partial charge in [-0.3, -0.25) is 4.79 Å². The molecule has 5 unspecified atom stereocenters. The van der Waals surface area contributed by atoms with Crippen molar-refractivity contribution in [1.29, 1.82) is 0 Å². The molecule has 9 heteroatoms. The number of hydrogen-bond donors (Lipinski definition) is 5. The summed E-state index contributed by atoms with van der Waals surface area (Å²) < 4.78 is 17.0. The van der Waals surface area contributed by atoms with Gasteiger partial charge >= 0.3 is 0 Å². The lowest BCUT2D eigenvalue weighted by molar-refractivity contribution is -0.277. The van der Waals surface area contributed by atoms with Crippen molar-refractivity contribution in [2.24, 2.45) is 0 Å². The van der Waals surface area contributed by atoms with Crippen LogP contribution in [0.25, 0.3) is 21.7 Å². The predicted molar refractivity (Wildman–Crippen MR) is 106 cm³/mol. The number of ether oxygens (including phenoxy) is 2. The zero-order valence-corrected chi connectivity index (χ0v) is 16.3. The van der Waals surface area contributed by atoms with Crippen LogP contribution in [-0.4, -0.2) is 62.8 Å². The Bertz CT molecular complexity index is 1170. The Morgan fingerprint density at radius 3 is 2.43 bits per heavy atom. The molecule has 2 aromatic carbocycles. The Kier molecular flexibility index (Phi) is 5.16. The van der Waals surface area contributed by atoms with Gasteiger partial charge in [-0.2, -0.15) is 0 Å². The highest BCUT2D eigenvalue weighted by molar-refractivity contribution is 6.10. The molecule has 0 radical (unpaired) electrons. The molecule has 1 fully saturated rings. The molecule has 9 nitrogen and oxygen atoms in total. The van der Waals surface area contributed by atoms with E-state index in [0.29, 0.717) is 27.5 Å². The van der Waals surface area contributed by atoms with Gasteiger partial charge in [0.1, 0.15) is 47.3 Å². The first-order chi connectivity index (χ1) is 14.2. The Hall–Kier alpha value is -2.69. The Balaban J connectivity index is 1.91. The van der Waals surface area contributed by atoms with Gasteiger partial charge in [0.25, 0.3) is 0 Å². The first-order valence-corrected chi connectivity index (χ1v) is 9.39. The van der Waals surface area contributed by atoms with E-state index in [9.17, 15) is 30.3 Å². The van der Waals surface area contributed by atoms with Gasteiger partial charge in [-0.05, 0) is 30.9 Å². The van der Waals surface area contributed by atoms with Gasteiger partial charge in [-0.15, -0.1) is 0 Å². The van der Waals surface area contributed by atoms with E-state index in [4.69, 9.17) is 13.9 Å². The molecule has 3 aromatic rings. The maximum Gasteiger partial charge on any atom is 0.229 e. The highest BCUT2D eigenvalue weighted by atomic mass is 16.7. The van der Waals surface area contributed by atoms with Crippen molar-refractivity contribution in [3.63, 3.8) is 0 Å². The molecular formula is C21H22O9. The molecule has 0 spiro atoms. The number of fused-ring (bicyclic) bond motifs is 3. The topological polar surface area (TPSA) is 150 Å². The predicted octanol–water partition coefficient (Wildman–Crippen LogP) is 0.447. The molecule has 2 heterocycles. The third-order valence-electron chi connectivity index (χ3n) is 5.28. The zero-order chi connectivity index (χ0) is 21.7. The minimum absolute atomic E-state index is 0.000537. The molecule has 4 rings (SSSR count). The summed E-state index contributed by atoms with van der Waals surface area (Å²) in [5.74, 6) is 0.426. The van der Waals surface area contributed by atoms with Crippen LogP contribution >= 0.6 is 0 Å². The van der Waals surface area contributed by atoms with E-state index in [1.807, 2.05) is 0 Å². The zero-order valence-electron chi connectivity index (χ0n) is 16.3. The van der Waals surface area contributed by atoms with Crippen LogP contribution in [0.3, 0.4) is 0 Å². The second-order valence-electron chi connectivity index (χ2n) is 7.47. The van der Waals surface area contributed by atoms with Gasteiger partial charge in [0, 0.05) is 12.1 Å². The number of rotatable bonds is 3. The summed E-state index contributed by atoms with van der Waals surface area (Å²) in [7, 11) is 0. The van der Waals surface area contributed by atoms with Crippen LogP contribution in [0.4, 0.5) is 0 Å². The fourth-order valence-electron chi connectivity index (χ4n) is 3.84. The lowest BCUT2D eigenvalue weighted by Crippen LogP contribution is -2.60. The molecule has 1 saturated heterocycles. The van der Waals surface area contributed by atoms with E-state index in [0.717, 1.165) is 0 Å². The standard InChI is InChI=1S/C21H22O9/c1-8-3-10-5-11(23)6-13(16(10)20-15(8)12(24)4-9(2)28-20)29-21-19(27)18(26)17(25)14(7-22)30-21/h3-6,14,17-19,21-22,24-27H,7H2,1-2H3. The van der Waals surface area contributed by atoms with Crippen LogP contribution in [0.2, 0.25) is 0 Å². The van der Waals surface area contributed by atoms with Crippen LogP contribution in [0.5, 0.6) is 11.5 Å². The van der Waals surface area contributed by atoms with Crippen molar-refractivity contribution in [2.45, 2.75) is 44.6 Å². The van der Waals surface area contributed by atoms with E-state index < -0.39 is 37.3 Å². The van der Waals surface area contributed by atoms with Crippen LogP contribution in [-0.2, 0) is 4.74 Å². The van der Waals surface area contributed by atoms with Crippen molar-refractivity contribution in [2.75, 3.05) is 6.61 Å². The van der Waals surface area contributed by atoms with Gasteiger partial charge in [-0.25, -0.2) is 0 Å². The Morgan fingerprint density at radius 2 is 1.73 bits per heavy atom. The average Bonchev–Trinajstić information content (AvgIpc) is 2.67. The normalized spacial score (nSPS) is 26.9. The summed E-state index contributed by atoms with van der Waals surface area (Å²) in [5.41, 5.74) is 0.586. The van der Waals surface area contributed by atoms with E-state index in [-0.39, 0.29) is 22.5 Å². The van der Waals surface area contributed by atoms with Crippen molar-refractivity contribution in [3.05, 3.63) is 45.8 Å². The van der Waals surface area contributed by atoms with Gasteiger partial charge in [0.05, 0.1) is 17.4 Å². The highest BCUT2D eigenvalue weighted by Crippen LogP contribution is 2.39. The lowest BCUT2D eigenvalue weighted by atomic mass is 9.99. The highest BCUT2D eigenvalue weighted by Gasteiger charge is 2.45. The van der Waals surface area contributed by atoms with Crippen LogP contribution < -0.4 is 10.2 Å². The number of hydrogen-bond acceptors (Lipinski definition) is 9. The van der Waals surface area contributed by atoms with Crippen molar-refractivity contribution in [3.8, 4) is 11.5 Å². The SMILES string of the molecule is Cc1cc(O)c2c(C)cc3cc(=O)cc(OC4OC(CO)C(O)C(O)C4O)c3c2o1. The minimum Gasteiger partial charge on any atom is -0.507 e. The smallest absolute Gasteiger partial charge is 0.229 e. The third-order valence-corrected chi connectivity index (χ3v) is 5.28. The van der Waals surface area contributed by atoms with Gasteiger partial charge in [0.15, 0.2) is 5.43 Å². The fourth-order valence-corrected chi connectivity index (χ4v) is 3.84. The third kappa shape index (κ3) is 3.30. The molecule has 1 aliphatic heterocycles. The number of aryl methyl sites for hydroxylation is 2. The number of aromatic hydroxyl groups is 1. The molecule has 1 aromatic heterocycles. The molecule has 0 bridgehead atoms. The van der Waals surface area contributed by atoms with E-state index in [1.165, 1.54) is 18.2 Å². The molecule has 160 valence electrons. The quantitative estimate of drug-likeness (QED) is 0.382. The summed E-state index contributed by atoms with van der Waals surface area (Å²) in [6, 6.07) is 5.73. The number of aliphatic hydroxyl groups excluding tert-OH is 4. The molecule has 5 N–H and O–H groups in total. The molecule has 30 heavy (non-hydrogen) atoms. The van der Waals surface area contributed by atoms with E-state index in [2.05, 4.69) is 0 Å². The summed E-state index contributed by atoms with van der Waals surface area (Å²) in [4.78, 5) is 12.3. The second-order valence-corrected chi connectivity index (χ2v) is 7.47. The van der Waals surface area contributed by atoms with Crippen LogP contribution in [0.1, 0.15) is 11.3 Å². The Morgan fingerprint density at radius 1 is 1.00 bits per heavy atom. The first kappa shape index (κ1) is 20.6. The molecule has 0 aliphatic carbocycles. The minimum atomic E-state index is -1.64. The van der Waals surface area contributed by atoms with Gasteiger partial charge in [-0.1, -0.05) is 6.07 Å². The average molecular weight is 418 g/mol. The monoisotopic (exact) mass is 418 g/mol. The second kappa shape index (κ2) is 7.53. The Labute approximate surface area is 170 Å². The maximum absolute atomic E-state index is 12.3. The molecule has 0 saturated carbocycles. The number of aliphatic hydroxyl groups is 4. The van der Waals surface area contributed by atoms with E-state index >= 15 is 0 Å². The largest absolute Gasteiger partial charge is 0.507 e. The van der Waals surface area contributed by atoms with Crippen LogP contribution in [0.15, 0.2) is 33.5 Å². The molecule has 5 atom stereocenters. The summed E-state index contributed by atoms with van der Waals surface area (Å²) in [6.07, 6.45) is -7.44. The van der Waals surface area contributed by atoms with Gasteiger partial charge in [0.2, 0.25) is 6.29 Å².